The summed E-state index contributed by atoms with van der Waals surface area (Å²) in [5.74, 6) is 1.41. The first-order valence-corrected chi connectivity index (χ1v) is 9.88. The Balaban J connectivity index is 0.00000392. The van der Waals surface area contributed by atoms with Crippen molar-refractivity contribution in [2.24, 2.45) is 10.9 Å². The van der Waals surface area contributed by atoms with Gasteiger partial charge in [0.2, 0.25) is 0 Å². The molecule has 0 spiro atoms. The zero-order chi connectivity index (χ0) is 19.5. The smallest absolute Gasteiger partial charge is 0.337 e. The van der Waals surface area contributed by atoms with Gasteiger partial charge < -0.3 is 19.7 Å². The van der Waals surface area contributed by atoms with Crippen LogP contribution in [0.1, 0.15) is 42.1 Å². The molecule has 0 atom stereocenters. The van der Waals surface area contributed by atoms with Gasteiger partial charge in [-0.05, 0) is 56.2 Å². The first-order chi connectivity index (χ1) is 13.1. The molecule has 1 saturated heterocycles. The first kappa shape index (κ1) is 24.7. The molecule has 0 aliphatic carbocycles. The Bertz CT molecular complexity index is 601. The number of halogens is 1. The van der Waals surface area contributed by atoms with Gasteiger partial charge in [0, 0.05) is 39.9 Å². The number of aliphatic imine (C=N–C) groups is 1. The number of hydrogen-bond acceptors (Lipinski definition) is 4. The van der Waals surface area contributed by atoms with E-state index in [0.29, 0.717) is 12.1 Å². The van der Waals surface area contributed by atoms with Crippen LogP contribution in [0.4, 0.5) is 0 Å². The van der Waals surface area contributed by atoms with Crippen molar-refractivity contribution in [2.45, 2.75) is 32.6 Å². The van der Waals surface area contributed by atoms with Gasteiger partial charge in [-0.3, -0.25) is 4.99 Å². The molecule has 28 heavy (non-hydrogen) atoms. The van der Waals surface area contributed by atoms with E-state index in [1.54, 1.807) is 12.1 Å². The molecule has 0 unspecified atom stereocenters. The highest BCUT2D eigenvalue weighted by Crippen LogP contribution is 2.18. The van der Waals surface area contributed by atoms with Gasteiger partial charge in [0.05, 0.1) is 12.7 Å². The summed E-state index contributed by atoms with van der Waals surface area (Å²) in [5, 5.41) is 3.38. The fourth-order valence-electron chi connectivity index (χ4n) is 3.20. The predicted molar refractivity (Wildman–Crippen MR) is 124 cm³/mol. The number of ether oxygens (including phenoxy) is 2. The average molecular weight is 503 g/mol. The van der Waals surface area contributed by atoms with Gasteiger partial charge in [-0.25, -0.2) is 4.79 Å². The lowest BCUT2D eigenvalue weighted by molar-refractivity contribution is 0.0600. The van der Waals surface area contributed by atoms with Crippen molar-refractivity contribution in [3.05, 3.63) is 35.4 Å². The lowest BCUT2D eigenvalue weighted by Gasteiger charge is -2.26. The summed E-state index contributed by atoms with van der Waals surface area (Å²) in [7, 11) is 3.50. The molecule has 1 aliphatic heterocycles. The maximum Gasteiger partial charge on any atom is 0.337 e. The Morgan fingerprint density at radius 2 is 1.96 bits per heavy atom. The molecule has 1 aliphatic rings. The van der Waals surface area contributed by atoms with E-state index in [9.17, 15) is 4.79 Å². The Kier molecular flexibility index (Phi) is 12.1. The third-order valence-corrected chi connectivity index (χ3v) is 4.95. The number of carbonyl (C=O) groups is 1. The van der Waals surface area contributed by atoms with Gasteiger partial charge in [-0.2, -0.15) is 0 Å². The largest absolute Gasteiger partial charge is 0.465 e. The molecule has 1 N–H and O–H groups in total. The lowest BCUT2D eigenvalue weighted by atomic mass is 9.96. The number of rotatable bonds is 8. The second-order valence-corrected chi connectivity index (χ2v) is 6.94. The summed E-state index contributed by atoms with van der Waals surface area (Å²) in [4.78, 5) is 18.5. The molecule has 2 rings (SSSR count). The van der Waals surface area contributed by atoms with Crippen molar-refractivity contribution in [3.8, 4) is 0 Å². The van der Waals surface area contributed by atoms with E-state index in [-0.39, 0.29) is 29.9 Å². The van der Waals surface area contributed by atoms with E-state index >= 15 is 0 Å². The number of hydrogen-bond donors (Lipinski definition) is 1. The highest BCUT2D eigenvalue weighted by molar-refractivity contribution is 14.0. The summed E-state index contributed by atoms with van der Waals surface area (Å²) in [6.07, 6.45) is 4.36. The van der Waals surface area contributed by atoms with E-state index in [4.69, 9.17) is 14.5 Å². The summed E-state index contributed by atoms with van der Waals surface area (Å²) in [6, 6.07) is 7.53. The normalized spacial score (nSPS) is 14.9. The zero-order valence-corrected chi connectivity index (χ0v) is 19.6. The lowest BCUT2D eigenvalue weighted by Crippen LogP contribution is -2.40. The summed E-state index contributed by atoms with van der Waals surface area (Å²) >= 11 is 0. The highest BCUT2D eigenvalue weighted by atomic mass is 127. The predicted octanol–water partition coefficient (Wildman–Crippen LogP) is 3.35. The van der Waals surface area contributed by atoms with Gasteiger partial charge in [0.25, 0.3) is 0 Å². The number of nitrogens with one attached hydrogen (secondary N) is 1. The number of carbonyl (C=O) groups excluding carboxylic acids is 1. The van der Waals surface area contributed by atoms with Crippen molar-refractivity contribution in [1.29, 1.82) is 0 Å². The minimum atomic E-state index is -0.305. The minimum Gasteiger partial charge on any atom is -0.465 e. The number of guanidine groups is 1. The van der Waals surface area contributed by atoms with E-state index < -0.39 is 0 Å². The Morgan fingerprint density at radius 3 is 2.57 bits per heavy atom. The van der Waals surface area contributed by atoms with Crippen LogP contribution in [0.25, 0.3) is 0 Å². The van der Waals surface area contributed by atoms with Crippen molar-refractivity contribution in [3.63, 3.8) is 0 Å². The topological polar surface area (TPSA) is 63.2 Å². The molecule has 1 aromatic carbocycles. The van der Waals surface area contributed by atoms with Crippen LogP contribution < -0.4 is 5.32 Å². The first-order valence-electron chi connectivity index (χ1n) is 9.88. The van der Waals surface area contributed by atoms with Crippen molar-refractivity contribution in [2.75, 3.05) is 47.0 Å². The molecular formula is C21H34IN3O3. The highest BCUT2D eigenvalue weighted by Gasteiger charge is 2.15. The van der Waals surface area contributed by atoms with Gasteiger partial charge in [0.1, 0.15) is 0 Å². The Morgan fingerprint density at radius 1 is 1.29 bits per heavy atom. The van der Waals surface area contributed by atoms with Crippen LogP contribution >= 0.6 is 24.0 Å². The molecule has 158 valence electrons. The fourth-order valence-corrected chi connectivity index (χ4v) is 3.20. The quantitative estimate of drug-likeness (QED) is 0.255. The van der Waals surface area contributed by atoms with Crippen molar-refractivity contribution < 1.29 is 14.3 Å². The van der Waals surface area contributed by atoms with Crippen molar-refractivity contribution >= 4 is 35.9 Å². The van der Waals surface area contributed by atoms with Crippen LogP contribution in [0.3, 0.4) is 0 Å². The fraction of sp³-hybridized carbons (Fsp3) is 0.619. The maximum atomic E-state index is 11.5. The Labute approximate surface area is 186 Å². The summed E-state index contributed by atoms with van der Waals surface area (Å²) in [6.45, 7) is 6.46. The van der Waals surface area contributed by atoms with Gasteiger partial charge in [0.15, 0.2) is 5.96 Å². The molecule has 1 heterocycles. The molecule has 0 saturated carbocycles. The average Bonchev–Trinajstić information content (AvgIpc) is 2.72. The molecule has 7 heteroatoms. The summed E-state index contributed by atoms with van der Waals surface area (Å²) in [5.41, 5.74) is 1.73. The van der Waals surface area contributed by atoms with Crippen molar-refractivity contribution in [1.82, 2.24) is 10.2 Å². The summed E-state index contributed by atoms with van der Waals surface area (Å²) < 4.78 is 10.2. The second kappa shape index (κ2) is 13.8. The van der Waals surface area contributed by atoms with Crippen LogP contribution in [0.2, 0.25) is 0 Å². The molecule has 0 amide bonds. The van der Waals surface area contributed by atoms with E-state index in [1.807, 2.05) is 12.1 Å². The third kappa shape index (κ3) is 8.34. The van der Waals surface area contributed by atoms with E-state index in [2.05, 4.69) is 24.2 Å². The molecule has 0 radical (unpaired) electrons. The van der Waals surface area contributed by atoms with Gasteiger partial charge in [-0.15, -0.1) is 24.0 Å². The molecule has 0 aromatic heterocycles. The van der Waals surface area contributed by atoms with Crippen LogP contribution in [0.15, 0.2) is 29.3 Å². The van der Waals surface area contributed by atoms with Gasteiger partial charge >= 0.3 is 5.97 Å². The van der Waals surface area contributed by atoms with Crippen LogP contribution in [0, 0.1) is 5.92 Å². The molecule has 1 aromatic rings. The van der Waals surface area contributed by atoms with E-state index in [1.165, 1.54) is 26.4 Å². The second-order valence-electron chi connectivity index (χ2n) is 6.94. The standard InChI is InChI=1S/C21H33N3O3.HI/c1-4-22-21(24(2)14-10-18-11-15-27-16-12-18)23-13-9-17-5-7-19(8-6-17)20(25)26-3;/h5-8,18H,4,9-16H2,1-3H3,(H,22,23);1H. The molecular weight excluding hydrogens is 469 g/mol. The Hall–Kier alpha value is -1.35. The van der Waals surface area contributed by atoms with Gasteiger partial charge in [-0.1, -0.05) is 12.1 Å². The van der Waals surface area contributed by atoms with Crippen LogP contribution in [-0.2, 0) is 15.9 Å². The minimum absolute atomic E-state index is 0. The number of methoxy groups -OCH3 is 1. The zero-order valence-electron chi connectivity index (χ0n) is 17.3. The third-order valence-electron chi connectivity index (χ3n) is 4.95. The molecule has 6 nitrogen and oxygen atoms in total. The molecule has 1 fully saturated rings. The maximum absolute atomic E-state index is 11.5. The SMILES string of the molecule is CCNC(=NCCc1ccc(C(=O)OC)cc1)N(C)CCC1CCOCC1.I. The van der Waals surface area contributed by atoms with E-state index in [0.717, 1.165) is 50.2 Å². The number of esters is 1. The van der Waals surface area contributed by atoms with Crippen LogP contribution in [-0.4, -0.2) is 63.8 Å². The molecule has 0 bridgehead atoms. The number of nitrogens with zero attached hydrogens (tertiary/aromatic N) is 2. The van der Waals surface area contributed by atoms with Crippen LogP contribution in [0.5, 0.6) is 0 Å². The monoisotopic (exact) mass is 503 g/mol. The number of benzene rings is 1.